The Morgan fingerprint density at radius 3 is 3.20 bits per heavy atom. The van der Waals surface area contributed by atoms with E-state index in [9.17, 15) is 0 Å². The number of hydrogen-bond donors (Lipinski definition) is 1. The second-order valence-corrected chi connectivity index (χ2v) is 2.50. The van der Waals surface area contributed by atoms with E-state index in [1.54, 1.807) is 7.11 Å². The Labute approximate surface area is 61.4 Å². The quantitative estimate of drug-likeness (QED) is 0.573. The van der Waals surface area contributed by atoms with Crippen molar-refractivity contribution < 1.29 is 4.84 Å². The zero-order valence-electron chi connectivity index (χ0n) is 6.55. The molecule has 10 heavy (non-hydrogen) atoms. The first-order valence-electron chi connectivity index (χ1n) is 3.69. The molecular weight excluding hydrogens is 128 g/mol. The third-order valence-corrected chi connectivity index (χ3v) is 1.87. The maximum atomic E-state index is 4.71. The highest BCUT2D eigenvalue weighted by atomic mass is 16.6. The molecule has 1 atom stereocenters. The van der Waals surface area contributed by atoms with Crippen LogP contribution in [0.1, 0.15) is 13.3 Å². The molecule has 1 aliphatic rings. The summed E-state index contributed by atoms with van der Waals surface area (Å²) in [6, 6.07) is 0. The number of nitrogens with one attached hydrogen (secondary N) is 1. The fourth-order valence-electron chi connectivity index (χ4n) is 1.24. The SMILES string of the molecule is CCC1CNC/C1=N/OC. The van der Waals surface area contributed by atoms with Crippen LogP contribution in [0.15, 0.2) is 5.16 Å². The van der Waals surface area contributed by atoms with Gasteiger partial charge in [-0.25, -0.2) is 0 Å². The van der Waals surface area contributed by atoms with Gasteiger partial charge in [0, 0.05) is 19.0 Å². The summed E-state index contributed by atoms with van der Waals surface area (Å²) in [5.74, 6) is 0.597. The zero-order chi connectivity index (χ0) is 7.40. The third-order valence-electron chi connectivity index (χ3n) is 1.87. The lowest BCUT2D eigenvalue weighted by Crippen LogP contribution is -2.10. The highest BCUT2D eigenvalue weighted by Gasteiger charge is 2.20. The molecule has 1 heterocycles. The van der Waals surface area contributed by atoms with Crippen LogP contribution in [0.2, 0.25) is 0 Å². The maximum Gasteiger partial charge on any atom is 0.106 e. The Bertz CT molecular complexity index is 134. The van der Waals surface area contributed by atoms with Gasteiger partial charge in [-0.2, -0.15) is 0 Å². The smallest absolute Gasteiger partial charge is 0.106 e. The van der Waals surface area contributed by atoms with Crippen molar-refractivity contribution in [1.82, 2.24) is 5.32 Å². The second-order valence-electron chi connectivity index (χ2n) is 2.50. The van der Waals surface area contributed by atoms with Gasteiger partial charge in [0.1, 0.15) is 7.11 Å². The second kappa shape index (κ2) is 3.56. The molecule has 1 N–H and O–H groups in total. The van der Waals surface area contributed by atoms with E-state index in [0.717, 1.165) is 25.2 Å². The van der Waals surface area contributed by atoms with E-state index in [0.29, 0.717) is 5.92 Å². The van der Waals surface area contributed by atoms with Crippen LogP contribution in [-0.4, -0.2) is 25.9 Å². The summed E-state index contributed by atoms with van der Waals surface area (Å²) in [7, 11) is 1.60. The highest BCUT2D eigenvalue weighted by Crippen LogP contribution is 2.09. The molecule has 3 nitrogen and oxygen atoms in total. The van der Waals surface area contributed by atoms with E-state index in [-0.39, 0.29) is 0 Å². The summed E-state index contributed by atoms with van der Waals surface area (Å²) in [4.78, 5) is 4.71. The van der Waals surface area contributed by atoms with E-state index in [1.807, 2.05) is 0 Å². The molecule has 3 heteroatoms. The van der Waals surface area contributed by atoms with Crippen molar-refractivity contribution >= 4 is 5.71 Å². The van der Waals surface area contributed by atoms with Crippen LogP contribution in [0.5, 0.6) is 0 Å². The summed E-state index contributed by atoms with van der Waals surface area (Å²) < 4.78 is 0. The van der Waals surface area contributed by atoms with Crippen molar-refractivity contribution in [1.29, 1.82) is 0 Å². The molecule has 0 aromatic rings. The Balaban J connectivity index is 2.49. The molecule has 0 spiro atoms. The zero-order valence-corrected chi connectivity index (χ0v) is 6.55. The Morgan fingerprint density at radius 1 is 1.80 bits per heavy atom. The summed E-state index contributed by atoms with van der Waals surface area (Å²) >= 11 is 0. The molecule has 0 saturated carbocycles. The predicted molar refractivity (Wildman–Crippen MR) is 41.1 cm³/mol. The maximum absolute atomic E-state index is 4.71. The summed E-state index contributed by atoms with van der Waals surface area (Å²) in [5, 5.41) is 7.18. The Kier molecular flexibility index (Phi) is 2.68. The topological polar surface area (TPSA) is 33.6 Å². The number of hydrogen-bond acceptors (Lipinski definition) is 3. The van der Waals surface area contributed by atoms with Gasteiger partial charge in [-0.05, 0) is 6.42 Å². The van der Waals surface area contributed by atoms with Crippen molar-refractivity contribution in [3.05, 3.63) is 0 Å². The van der Waals surface area contributed by atoms with Crippen LogP contribution in [0.3, 0.4) is 0 Å². The molecule has 0 bridgehead atoms. The average Bonchev–Trinajstić information content (AvgIpc) is 2.36. The molecule has 0 aromatic heterocycles. The molecule has 1 fully saturated rings. The van der Waals surface area contributed by atoms with Crippen molar-refractivity contribution in [3.63, 3.8) is 0 Å². The average molecular weight is 142 g/mol. The summed E-state index contributed by atoms with van der Waals surface area (Å²) in [6.07, 6.45) is 1.15. The number of nitrogens with zero attached hydrogens (tertiary/aromatic N) is 1. The van der Waals surface area contributed by atoms with E-state index >= 15 is 0 Å². The standard InChI is InChI=1S/C7H14N2O/c1-3-6-4-8-5-7(6)9-10-2/h6,8H,3-5H2,1-2H3/b9-7-. The first kappa shape index (κ1) is 7.54. The summed E-state index contributed by atoms with van der Waals surface area (Å²) in [5.41, 5.74) is 1.16. The minimum Gasteiger partial charge on any atom is -0.399 e. The normalized spacial score (nSPS) is 29.4. The largest absolute Gasteiger partial charge is 0.399 e. The molecule has 0 radical (unpaired) electrons. The molecule has 1 rings (SSSR count). The van der Waals surface area contributed by atoms with Gasteiger partial charge in [0.15, 0.2) is 0 Å². The van der Waals surface area contributed by atoms with Crippen molar-refractivity contribution in [3.8, 4) is 0 Å². The predicted octanol–water partition coefficient (Wildman–Crippen LogP) is 0.618. The fourth-order valence-corrected chi connectivity index (χ4v) is 1.24. The fraction of sp³-hybridized carbons (Fsp3) is 0.857. The molecule has 1 saturated heterocycles. The van der Waals surface area contributed by atoms with Crippen molar-refractivity contribution in [2.75, 3.05) is 20.2 Å². The van der Waals surface area contributed by atoms with Crippen molar-refractivity contribution in [2.45, 2.75) is 13.3 Å². The molecule has 1 unspecified atom stereocenters. The molecule has 0 amide bonds. The van der Waals surface area contributed by atoms with Gasteiger partial charge in [0.2, 0.25) is 0 Å². The molecule has 58 valence electrons. The van der Waals surface area contributed by atoms with E-state index in [1.165, 1.54) is 0 Å². The van der Waals surface area contributed by atoms with Crippen LogP contribution >= 0.6 is 0 Å². The van der Waals surface area contributed by atoms with Crippen LogP contribution < -0.4 is 5.32 Å². The van der Waals surface area contributed by atoms with E-state index in [4.69, 9.17) is 4.84 Å². The van der Waals surface area contributed by atoms with Gasteiger partial charge in [-0.15, -0.1) is 0 Å². The van der Waals surface area contributed by atoms with Gasteiger partial charge in [-0.1, -0.05) is 12.1 Å². The van der Waals surface area contributed by atoms with Crippen LogP contribution in [0.4, 0.5) is 0 Å². The van der Waals surface area contributed by atoms with Crippen molar-refractivity contribution in [2.24, 2.45) is 11.1 Å². The van der Waals surface area contributed by atoms with Gasteiger partial charge in [0.05, 0.1) is 5.71 Å². The minimum absolute atomic E-state index is 0.597. The number of rotatable bonds is 2. The van der Waals surface area contributed by atoms with Crippen LogP contribution in [-0.2, 0) is 4.84 Å². The number of oxime groups is 1. The Morgan fingerprint density at radius 2 is 2.60 bits per heavy atom. The lowest BCUT2D eigenvalue weighted by atomic mass is 10.1. The van der Waals surface area contributed by atoms with Crippen LogP contribution in [0, 0.1) is 5.92 Å². The van der Waals surface area contributed by atoms with Gasteiger partial charge in [-0.3, -0.25) is 0 Å². The van der Waals surface area contributed by atoms with Crippen LogP contribution in [0.25, 0.3) is 0 Å². The lowest BCUT2D eigenvalue weighted by molar-refractivity contribution is 0.211. The molecule has 0 aromatic carbocycles. The summed E-state index contributed by atoms with van der Waals surface area (Å²) in [6.45, 7) is 4.12. The molecule has 1 aliphatic heterocycles. The lowest BCUT2D eigenvalue weighted by Gasteiger charge is -2.03. The van der Waals surface area contributed by atoms with E-state index in [2.05, 4.69) is 17.4 Å². The highest BCUT2D eigenvalue weighted by molar-refractivity contribution is 5.90. The first-order chi connectivity index (χ1) is 4.88. The van der Waals surface area contributed by atoms with E-state index < -0.39 is 0 Å². The molecular formula is C7H14N2O. The van der Waals surface area contributed by atoms with Gasteiger partial charge in [0.25, 0.3) is 0 Å². The minimum atomic E-state index is 0.597. The first-order valence-corrected chi connectivity index (χ1v) is 3.69. The third kappa shape index (κ3) is 1.48. The monoisotopic (exact) mass is 142 g/mol. The van der Waals surface area contributed by atoms with Gasteiger partial charge >= 0.3 is 0 Å². The molecule has 0 aliphatic carbocycles. The van der Waals surface area contributed by atoms with Gasteiger partial charge < -0.3 is 10.2 Å². The Hall–Kier alpha value is -0.570.